The molecule has 0 bridgehead atoms. The van der Waals surface area contributed by atoms with Crippen molar-refractivity contribution < 1.29 is 9.53 Å². The molecule has 4 nitrogen and oxygen atoms in total. The van der Waals surface area contributed by atoms with Gasteiger partial charge in [-0.1, -0.05) is 18.2 Å². The molecular weight excluding hydrogens is 236 g/mol. The van der Waals surface area contributed by atoms with E-state index in [4.69, 9.17) is 4.74 Å². The lowest BCUT2D eigenvalue weighted by molar-refractivity contribution is 0.0741. The number of rotatable bonds is 2. The summed E-state index contributed by atoms with van der Waals surface area (Å²) in [6.07, 6.45) is 1.57. The molecule has 0 aliphatic carbocycles. The van der Waals surface area contributed by atoms with Gasteiger partial charge in [0.1, 0.15) is 16.1 Å². The van der Waals surface area contributed by atoms with Gasteiger partial charge >= 0.3 is 5.97 Å². The summed E-state index contributed by atoms with van der Waals surface area (Å²) < 4.78 is 5.25. The van der Waals surface area contributed by atoms with Crippen molar-refractivity contribution in [2.75, 3.05) is 0 Å². The Bertz CT molecular complexity index is 657. The van der Waals surface area contributed by atoms with Gasteiger partial charge in [0, 0.05) is 5.38 Å². The number of nitrogens with one attached hydrogen (secondary N) is 1. The molecule has 1 N–H and O–H groups in total. The van der Waals surface area contributed by atoms with E-state index in [-0.39, 0.29) is 5.97 Å². The fraction of sp³-hybridized carbons (Fsp3) is 0. The van der Waals surface area contributed by atoms with Crippen LogP contribution in [0.2, 0.25) is 0 Å². The highest BCUT2D eigenvalue weighted by Gasteiger charge is 2.16. The van der Waals surface area contributed by atoms with Crippen LogP contribution in [0.5, 0.6) is 5.75 Å². The van der Waals surface area contributed by atoms with E-state index in [1.54, 1.807) is 18.5 Å². The first-order valence-corrected chi connectivity index (χ1v) is 5.90. The number of nitrogens with zero attached hydrogens (tertiary/aromatic N) is 1. The molecule has 0 aliphatic heterocycles. The predicted octanol–water partition coefficient (Wildman–Crippen LogP) is 2.84. The molecule has 0 unspecified atom stereocenters. The van der Waals surface area contributed by atoms with E-state index in [0.717, 1.165) is 5.52 Å². The third-order valence-corrected chi connectivity index (χ3v) is 3.27. The SMILES string of the molecule is O=C(Oc1ccccc1)c1scc2[nH]cnc12. The number of aromatic amines is 1. The number of imidazole rings is 1. The molecule has 1 aromatic carbocycles. The standard InChI is InChI=1S/C12H8N2O2S/c15-12(16-8-4-2-1-3-5-8)11-10-9(6-17-11)13-7-14-10/h1-7H,(H,13,14). The number of thiophene rings is 1. The molecule has 3 rings (SSSR count). The topological polar surface area (TPSA) is 55.0 Å². The molecule has 2 heterocycles. The van der Waals surface area contributed by atoms with Gasteiger partial charge in [0.2, 0.25) is 0 Å². The number of carbonyl (C=O) groups is 1. The van der Waals surface area contributed by atoms with Crippen LogP contribution in [0.15, 0.2) is 42.0 Å². The van der Waals surface area contributed by atoms with Crippen molar-refractivity contribution in [1.82, 2.24) is 9.97 Å². The van der Waals surface area contributed by atoms with Crippen molar-refractivity contribution in [2.24, 2.45) is 0 Å². The van der Waals surface area contributed by atoms with Crippen LogP contribution in [0.3, 0.4) is 0 Å². The Morgan fingerprint density at radius 2 is 2.12 bits per heavy atom. The zero-order chi connectivity index (χ0) is 11.7. The van der Waals surface area contributed by atoms with E-state index in [1.807, 2.05) is 23.6 Å². The van der Waals surface area contributed by atoms with Crippen LogP contribution in [0.4, 0.5) is 0 Å². The largest absolute Gasteiger partial charge is 0.422 e. The van der Waals surface area contributed by atoms with Crippen LogP contribution in [0.25, 0.3) is 11.0 Å². The zero-order valence-corrected chi connectivity index (χ0v) is 9.53. The smallest absolute Gasteiger partial charge is 0.356 e. The van der Waals surface area contributed by atoms with Gasteiger partial charge < -0.3 is 9.72 Å². The van der Waals surface area contributed by atoms with Gasteiger partial charge in [-0.25, -0.2) is 9.78 Å². The van der Waals surface area contributed by atoms with E-state index in [0.29, 0.717) is 16.1 Å². The molecule has 0 aliphatic rings. The monoisotopic (exact) mass is 244 g/mol. The predicted molar refractivity (Wildman–Crippen MR) is 65.4 cm³/mol. The first-order chi connectivity index (χ1) is 8.34. The van der Waals surface area contributed by atoms with Crippen LogP contribution in [-0.4, -0.2) is 15.9 Å². The third-order valence-electron chi connectivity index (χ3n) is 2.32. The lowest BCUT2D eigenvalue weighted by Crippen LogP contribution is -2.06. The van der Waals surface area contributed by atoms with Gasteiger partial charge in [0.15, 0.2) is 0 Å². The molecule has 0 radical (unpaired) electrons. The fourth-order valence-corrected chi connectivity index (χ4v) is 2.36. The second-order valence-electron chi connectivity index (χ2n) is 3.43. The third kappa shape index (κ3) is 1.81. The Labute approximate surface area is 101 Å². The Hall–Kier alpha value is -2.14. The van der Waals surface area contributed by atoms with E-state index in [1.165, 1.54) is 11.3 Å². The summed E-state index contributed by atoms with van der Waals surface area (Å²) in [6.45, 7) is 0. The maximum Gasteiger partial charge on any atom is 0.356 e. The average molecular weight is 244 g/mol. The van der Waals surface area contributed by atoms with Gasteiger partial charge in [-0.05, 0) is 12.1 Å². The summed E-state index contributed by atoms with van der Waals surface area (Å²) in [5, 5.41) is 1.85. The lowest BCUT2D eigenvalue weighted by Gasteiger charge is -2.01. The summed E-state index contributed by atoms with van der Waals surface area (Å²) in [5.74, 6) is 0.165. The summed E-state index contributed by atoms with van der Waals surface area (Å²) in [5.41, 5.74) is 1.52. The number of para-hydroxylation sites is 1. The number of aromatic nitrogens is 2. The molecule has 0 atom stereocenters. The lowest BCUT2D eigenvalue weighted by atomic mass is 10.3. The number of ether oxygens (including phenoxy) is 1. The molecular formula is C12H8N2O2S. The normalized spacial score (nSPS) is 10.6. The minimum atomic E-state index is -0.372. The Morgan fingerprint density at radius 1 is 1.29 bits per heavy atom. The van der Waals surface area contributed by atoms with Crippen LogP contribution >= 0.6 is 11.3 Å². The fourth-order valence-electron chi connectivity index (χ4n) is 1.54. The number of H-pyrrole nitrogens is 1. The Kier molecular flexibility index (Phi) is 2.38. The molecule has 0 fully saturated rings. The highest BCUT2D eigenvalue weighted by molar-refractivity contribution is 7.13. The number of hydrogen-bond acceptors (Lipinski definition) is 4. The molecule has 0 amide bonds. The van der Waals surface area contributed by atoms with Gasteiger partial charge in [-0.2, -0.15) is 0 Å². The van der Waals surface area contributed by atoms with Crippen molar-refractivity contribution in [3.05, 3.63) is 46.9 Å². The van der Waals surface area contributed by atoms with Crippen molar-refractivity contribution in [3.8, 4) is 5.75 Å². The van der Waals surface area contributed by atoms with Gasteiger partial charge in [-0.3, -0.25) is 0 Å². The first kappa shape index (κ1) is 10.0. The highest BCUT2D eigenvalue weighted by atomic mass is 32.1. The molecule has 0 saturated carbocycles. The maximum absolute atomic E-state index is 11.9. The summed E-state index contributed by atoms with van der Waals surface area (Å²) >= 11 is 1.33. The summed E-state index contributed by atoms with van der Waals surface area (Å²) in [4.78, 5) is 19.5. The van der Waals surface area contributed by atoms with Crippen molar-refractivity contribution in [2.45, 2.75) is 0 Å². The molecule has 17 heavy (non-hydrogen) atoms. The van der Waals surface area contributed by atoms with Crippen LogP contribution in [-0.2, 0) is 0 Å². The van der Waals surface area contributed by atoms with E-state index in [2.05, 4.69) is 9.97 Å². The summed E-state index contributed by atoms with van der Waals surface area (Å²) in [7, 11) is 0. The van der Waals surface area contributed by atoms with Crippen molar-refractivity contribution >= 4 is 28.3 Å². The maximum atomic E-state index is 11.9. The van der Waals surface area contributed by atoms with E-state index < -0.39 is 0 Å². The second-order valence-corrected chi connectivity index (χ2v) is 4.31. The Morgan fingerprint density at radius 3 is 2.94 bits per heavy atom. The van der Waals surface area contributed by atoms with Crippen LogP contribution in [0, 0.1) is 0 Å². The van der Waals surface area contributed by atoms with Crippen LogP contribution in [0.1, 0.15) is 9.67 Å². The molecule has 3 aromatic rings. The van der Waals surface area contributed by atoms with Gasteiger partial charge in [0.25, 0.3) is 0 Å². The number of hydrogen-bond donors (Lipinski definition) is 1. The first-order valence-electron chi connectivity index (χ1n) is 5.02. The molecule has 2 aromatic heterocycles. The van der Waals surface area contributed by atoms with Crippen LogP contribution < -0.4 is 4.74 Å². The number of fused-ring (bicyclic) bond motifs is 1. The molecule has 0 spiro atoms. The number of esters is 1. The van der Waals surface area contributed by atoms with Gasteiger partial charge in [0.05, 0.1) is 11.8 Å². The highest BCUT2D eigenvalue weighted by Crippen LogP contribution is 2.24. The second kappa shape index (κ2) is 4.03. The zero-order valence-electron chi connectivity index (χ0n) is 8.71. The van der Waals surface area contributed by atoms with Crippen molar-refractivity contribution in [1.29, 1.82) is 0 Å². The minimum Gasteiger partial charge on any atom is -0.422 e. The van der Waals surface area contributed by atoms with Gasteiger partial charge in [-0.15, -0.1) is 11.3 Å². The molecule has 5 heteroatoms. The average Bonchev–Trinajstić information content (AvgIpc) is 2.91. The van der Waals surface area contributed by atoms with E-state index in [9.17, 15) is 4.79 Å². The van der Waals surface area contributed by atoms with E-state index >= 15 is 0 Å². The summed E-state index contributed by atoms with van der Waals surface area (Å²) in [6, 6.07) is 9.00. The molecule has 0 saturated heterocycles. The minimum absolute atomic E-state index is 0.372. The quantitative estimate of drug-likeness (QED) is 0.557. The Balaban J connectivity index is 1.91. The number of benzene rings is 1. The molecule has 84 valence electrons. The van der Waals surface area contributed by atoms with Crippen molar-refractivity contribution in [3.63, 3.8) is 0 Å². The number of carbonyl (C=O) groups excluding carboxylic acids is 1.